The number of hydrogen-bond donors (Lipinski definition) is 0. The van der Waals surface area contributed by atoms with E-state index >= 15 is 0 Å². The fourth-order valence-corrected chi connectivity index (χ4v) is 2.38. The molecular formula is C15H15BrO4. The summed E-state index contributed by atoms with van der Waals surface area (Å²) in [5.41, 5.74) is 0.860. The van der Waals surface area contributed by atoms with E-state index in [1.807, 2.05) is 6.07 Å². The van der Waals surface area contributed by atoms with Crippen molar-refractivity contribution >= 4 is 21.7 Å². The van der Waals surface area contributed by atoms with E-state index in [0.717, 1.165) is 10.0 Å². The van der Waals surface area contributed by atoms with Crippen LogP contribution in [0.4, 0.5) is 0 Å². The van der Waals surface area contributed by atoms with Gasteiger partial charge in [-0.05, 0) is 29.8 Å². The lowest BCUT2D eigenvalue weighted by Crippen LogP contribution is -2.07. The third-order valence-electron chi connectivity index (χ3n) is 2.89. The van der Waals surface area contributed by atoms with Crippen LogP contribution >= 0.6 is 15.9 Å². The maximum absolute atomic E-state index is 12.0. The zero-order valence-corrected chi connectivity index (χ0v) is 12.9. The smallest absolute Gasteiger partial charge is 0.161 e. The van der Waals surface area contributed by atoms with Crippen molar-refractivity contribution in [2.45, 2.75) is 12.8 Å². The molecule has 1 aromatic heterocycles. The highest BCUT2D eigenvalue weighted by Gasteiger charge is 2.13. The summed E-state index contributed by atoms with van der Waals surface area (Å²) in [6.07, 6.45) is 2.16. The maximum atomic E-state index is 12.0. The van der Waals surface area contributed by atoms with E-state index in [0.29, 0.717) is 23.7 Å². The lowest BCUT2D eigenvalue weighted by Gasteiger charge is -2.11. The van der Waals surface area contributed by atoms with Gasteiger partial charge in [0.05, 0.1) is 26.9 Å². The Morgan fingerprint density at radius 1 is 1.20 bits per heavy atom. The number of Topliss-reactive ketones (excluding diaryl/α,β-unsaturated/α-hetero) is 1. The van der Waals surface area contributed by atoms with Crippen LogP contribution in [-0.4, -0.2) is 20.0 Å². The zero-order valence-electron chi connectivity index (χ0n) is 11.3. The van der Waals surface area contributed by atoms with E-state index in [4.69, 9.17) is 13.9 Å². The van der Waals surface area contributed by atoms with E-state index in [1.165, 1.54) is 0 Å². The van der Waals surface area contributed by atoms with Crippen molar-refractivity contribution in [2.24, 2.45) is 0 Å². The second-order valence-corrected chi connectivity index (χ2v) is 5.12. The summed E-state index contributed by atoms with van der Waals surface area (Å²) in [4.78, 5) is 12.0. The average molecular weight is 339 g/mol. The van der Waals surface area contributed by atoms with E-state index in [9.17, 15) is 4.79 Å². The van der Waals surface area contributed by atoms with Gasteiger partial charge in [-0.3, -0.25) is 4.79 Å². The van der Waals surface area contributed by atoms with Gasteiger partial charge in [-0.1, -0.05) is 15.9 Å². The molecule has 1 heterocycles. The molecule has 0 atom stereocenters. The summed E-state index contributed by atoms with van der Waals surface area (Å²) in [6.45, 7) is 0. The molecule has 4 nitrogen and oxygen atoms in total. The molecule has 1 aromatic carbocycles. The van der Waals surface area contributed by atoms with E-state index in [-0.39, 0.29) is 12.2 Å². The lowest BCUT2D eigenvalue weighted by molar-refractivity contribution is -0.118. The molecule has 106 valence electrons. The molecule has 0 saturated heterocycles. The summed E-state index contributed by atoms with van der Waals surface area (Å²) < 4.78 is 16.4. The first-order chi connectivity index (χ1) is 9.63. The van der Waals surface area contributed by atoms with E-state index in [2.05, 4.69) is 15.9 Å². The number of ether oxygens (including phenoxy) is 2. The minimum absolute atomic E-state index is 0.0767. The third kappa shape index (κ3) is 3.42. The molecule has 0 saturated carbocycles. The van der Waals surface area contributed by atoms with Gasteiger partial charge in [0.15, 0.2) is 11.5 Å². The molecule has 2 rings (SSSR count). The molecular weight excluding hydrogens is 324 g/mol. The molecule has 0 aliphatic rings. The van der Waals surface area contributed by atoms with Gasteiger partial charge >= 0.3 is 0 Å². The van der Waals surface area contributed by atoms with Gasteiger partial charge in [-0.25, -0.2) is 0 Å². The number of carbonyl (C=O) groups is 1. The van der Waals surface area contributed by atoms with Crippen molar-refractivity contribution in [1.82, 2.24) is 0 Å². The standard InChI is InChI=1S/C15H15BrO4/c1-18-14-7-10(13(16)9-15(14)19-2)6-11(17)8-12-4-3-5-20-12/h3-5,7,9H,6,8H2,1-2H3. The van der Waals surface area contributed by atoms with Crippen LogP contribution in [0.25, 0.3) is 0 Å². The number of benzene rings is 1. The number of furan rings is 1. The normalized spacial score (nSPS) is 10.3. The Bertz CT molecular complexity index is 590. The average Bonchev–Trinajstić information content (AvgIpc) is 2.93. The van der Waals surface area contributed by atoms with Crippen molar-refractivity contribution in [3.8, 4) is 11.5 Å². The number of rotatable bonds is 6. The highest BCUT2D eigenvalue weighted by atomic mass is 79.9. The number of carbonyl (C=O) groups excluding carboxylic acids is 1. The van der Waals surface area contributed by atoms with E-state index < -0.39 is 0 Å². The molecule has 0 N–H and O–H groups in total. The van der Waals surface area contributed by atoms with Crippen LogP contribution in [0.3, 0.4) is 0 Å². The molecule has 0 unspecified atom stereocenters. The molecule has 0 amide bonds. The van der Waals surface area contributed by atoms with Crippen LogP contribution in [-0.2, 0) is 17.6 Å². The highest BCUT2D eigenvalue weighted by Crippen LogP contribution is 2.33. The van der Waals surface area contributed by atoms with Crippen molar-refractivity contribution < 1.29 is 18.7 Å². The zero-order chi connectivity index (χ0) is 14.5. The number of ketones is 1. The highest BCUT2D eigenvalue weighted by molar-refractivity contribution is 9.10. The monoisotopic (exact) mass is 338 g/mol. The molecule has 0 aliphatic heterocycles. The second-order valence-electron chi connectivity index (χ2n) is 4.27. The van der Waals surface area contributed by atoms with Crippen LogP contribution < -0.4 is 9.47 Å². The van der Waals surface area contributed by atoms with Crippen LogP contribution in [0.2, 0.25) is 0 Å². The largest absolute Gasteiger partial charge is 0.493 e. The first kappa shape index (κ1) is 14.7. The molecule has 0 bridgehead atoms. The van der Waals surface area contributed by atoms with Crippen molar-refractivity contribution in [2.75, 3.05) is 14.2 Å². The number of halogens is 1. The number of hydrogen-bond acceptors (Lipinski definition) is 4. The Labute approximate surface area is 125 Å². The quantitative estimate of drug-likeness (QED) is 0.809. The summed E-state index contributed by atoms with van der Waals surface area (Å²) in [5, 5.41) is 0. The molecule has 5 heteroatoms. The molecule has 0 aliphatic carbocycles. The minimum atomic E-state index is 0.0767. The third-order valence-corrected chi connectivity index (χ3v) is 3.63. The summed E-state index contributed by atoms with van der Waals surface area (Å²) in [5.74, 6) is 1.98. The number of methoxy groups -OCH3 is 2. The molecule has 20 heavy (non-hydrogen) atoms. The van der Waals surface area contributed by atoms with Gasteiger partial charge in [-0.2, -0.15) is 0 Å². The van der Waals surface area contributed by atoms with Gasteiger partial charge in [0.2, 0.25) is 0 Å². The van der Waals surface area contributed by atoms with Crippen LogP contribution in [0.1, 0.15) is 11.3 Å². The molecule has 0 spiro atoms. The topological polar surface area (TPSA) is 48.7 Å². The SMILES string of the molecule is COc1cc(Br)c(CC(=O)Cc2ccco2)cc1OC. The second kappa shape index (κ2) is 6.61. The van der Waals surface area contributed by atoms with Gasteiger partial charge in [0.25, 0.3) is 0 Å². The Balaban J connectivity index is 2.14. The predicted octanol–water partition coefficient (Wildman–Crippen LogP) is 3.41. The first-order valence-corrected chi connectivity index (χ1v) is 6.87. The fourth-order valence-electron chi connectivity index (χ4n) is 1.91. The van der Waals surface area contributed by atoms with Gasteiger partial charge < -0.3 is 13.9 Å². The Morgan fingerprint density at radius 3 is 2.50 bits per heavy atom. The van der Waals surface area contributed by atoms with Crippen LogP contribution in [0, 0.1) is 0 Å². The minimum Gasteiger partial charge on any atom is -0.493 e. The molecule has 0 fully saturated rings. The molecule has 2 aromatic rings. The van der Waals surface area contributed by atoms with Crippen molar-refractivity contribution in [3.05, 3.63) is 46.3 Å². The van der Waals surface area contributed by atoms with Gasteiger partial charge in [-0.15, -0.1) is 0 Å². The van der Waals surface area contributed by atoms with E-state index in [1.54, 1.807) is 38.7 Å². The Morgan fingerprint density at radius 2 is 1.90 bits per heavy atom. The fraction of sp³-hybridized carbons (Fsp3) is 0.267. The summed E-state index contributed by atoms with van der Waals surface area (Å²) in [7, 11) is 3.15. The Kier molecular flexibility index (Phi) is 4.84. The first-order valence-electron chi connectivity index (χ1n) is 6.08. The molecule has 0 radical (unpaired) electrons. The van der Waals surface area contributed by atoms with Gasteiger partial charge in [0, 0.05) is 10.9 Å². The summed E-state index contributed by atoms with van der Waals surface area (Å²) in [6, 6.07) is 7.17. The van der Waals surface area contributed by atoms with Crippen LogP contribution in [0.5, 0.6) is 11.5 Å². The predicted molar refractivity (Wildman–Crippen MR) is 78.4 cm³/mol. The Hall–Kier alpha value is -1.75. The van der Waals surface area contributed by atoms with Gasteiger partial charge in [0.1, 0.15) is 11.5 Å². The van der Waals surface area contributed by atoms with Crippen molar-refractivity contribution in [3.63, 3.8) is 0 Å². The lowest BCUT2D eigenvalue weighted by atomic mass is 10.1. The van der Waals surface area contributed by atoms with Crippen molar-refractivity contribution in [1.29, 1.82) is 0 Å². The maximum Gasteiger partial charge on any atom is 0.161 e. The summed E-state index contributed by atoms with van der Waals surface area (Å²) >= 11 is 3.45. The van der Waals surface area contributed by atoms with Crippen LogP contribution in [0.15, 0.2) is 39.4 Å².